The fourth-order valence-corrected chi connectivity index (χ4v) is 1.87. The Morgan fingerprint density at radius 2 is 2.22 bits per heavy atom. The van der Waals surface area contributed by atoms with E-state index in [0.717, 1.165) is 6.42 Å². The quantitative estimate of drug-likeness (QED) is 0.803. The molecule has 18 heavy (non-hydrogen) atoms. The van der Waals surface area contributed by atoms with E-state index in [9.17, 15) is 9.50 Å². The lowest BCUT2D eigenvalue weighted by Gasteiger charge is -2.23. The number of benzene rings is 1. The molecule has 5 heteroatoms. The van der Waals surface area contributed by atoms with Crippen LogP contribution in [-0.2, 0) is 4.74 Å². The molecule has 0 amide bonds. The van der Waals surface area contributed by atoms with Gasteiger partial charge in [-0.1, -0.05) is 24.6 Å². The van der Waals surface area contributed by atoms with Crippen molar-refractivity contribution in [2.45, 2.75) is 25.4 Å². The van der Waals surface area contributed by atoms with Crippen LogP contribution in [0.4, 0.5) is 4.39 Å². The Kier molecular flexibility index (Phi) is 6.57. The van der Waals surface area contributed by atoms with Crippen LogP contribution in [0.1, 0.15) is 24.9 Å². The predicted octanol–water partition coefficient (Wildman–Crippen LogP) is 2.53. The average Bonchev–Trinajstić information content (AvgIpc) is 2.38. The second kappa shape index (κ2) is 7.69. The van der Waals surface area contributed by atoms with Crippen LogP contribution >= 0.6 is 11.6 Å². The Labute approximate surface area is 112 Å². The zero-order valence-corrected chi connectivity index (χ0v) is 11.4. The van der Waals surface area contributed by atoms with E-state index < -0.39 is 5.82 Å². The topological polar surface area (TPSA) is 41.5 Å². The third-order valence-electron chi connectivity index (χ3n) is 2.83. The zero-order chi connectivity index (χ0) is 13.5. The van der Waals surface area contributed by atoms with Crippen molar-refractivity contribution < 1.29 is 14.2 Å². The van der Waals surface area contributed by atoms with Crippen molar-refractivity contribution in [2.24, 2.45) is 0 Å². The van der Waals surface area contributed by atoms with E-state index in [1.807, 2.05) is 6.92 Å². The van der Waals surface area contributed by atoms with E-state index in [1.54, 1.807) is 13.2 Å². The molecule has 0 saturated carbocycles. The molecule has 0 bridgehead atoms. The van der Waals surface area contributed by atoms with Crippen molar-refractivity contribution in [1.82, 2.24) is 5.32 Å². The van der Waals surface area contributed by atoms with Gasteiger partial charge in [0.25, 0.3) is 0 Å². The molecule has 0 heterocycles. The van der Waals surface area contributed by atoms with E-state index in [4.69, 9.17) is 16.3 Å². The number of hydrogen-bond donors (Lipinski definition) is 2. The molecule has 2 N–H and O–H groups in total. The summed E-state index contributed by atoms with van der Waals surface area (Å²) in [5, 5.41) is 12.7. The Morgan fingerprint density at radius 1 is 1.50 bits per heavy atom. The minimum absolute atomic E-state index is 0.0828. The van der Waals surface area contributed by atoms with Crippen molar-refractivity contribution in [3.8, 4) is 0 Å². The first-order chi connectivity index (χ1) is 8.62. The molecule has 1 aromatic rings. The van der Waals surface area contributed by atoms with Gasteiger partial charge >= 0.3 is 0 Å². The lowest BCUT2D eigenvalue weighted by molar-refractivity contribution is 0.146. The SMILES string of the molecule is CCC(COC)NC(CO)c1ccc(Cl)c(F)c1. The molecule has 1 rings (SSSR count). The highest BCUT2D eigenvalue weighted by molar-refractivity contribution is 6.30. The molecule has 102 valence electrons. The van der Waals surface area contributed by atoms with E-state index in [-0.39, 0.29) is 23.7 Å². The molecule has 0 saturated heterocycles. The van der Waals surface area contributed by atoms with Crippen molar-refractivity contribution in [1.29, 1.82) is 0 Å². The molecule has 2 unspecified atom stereocenters. The third-order valence-corrected chi connectivity index (χ3v) is 3.13. The van der Waals surface area contributed by atoms with Crippen molar-refractivity contribution in [3.05, 3.63) is 34.6 Å². The van der Waals surface area contributed by atoms with Gasteiger partial charge in [-0.3, -0.25) is 0 Å². The second-order valence-electron chi connectivity index (χ2n) is 4.14. The summed E-state index contributed by atoms with van der Waals surface area (Å²) in [5.41, 5.74) is 0.675. The van der Waals surface area contributed by atoms with Crippen LogP contribution in [0, 0.1) is 5.82 Å². The van der Waals surface area contributed by atoms with Crippen LogP contribution in [0.5, 0.6) is 0 Å². The van der Waals surface area contributed by atoms with E-state index in [0.29, 0.717) is 12.2 Å². The molecule has 0 fully saturated rings. The van der Waals surface area contributed by atoms with Crippen LogP contribution in [-0.4, -0.2) is 31.5 Å². The van der Waals surface area contributed by atoms with E-state index >= 15 is 0 Å². The van der Waals surface area contributed by atoms with E-state index in [2.05, 4.69) is 5.32 Å². The lowest BCUT2D eigenvalue weighted by atomic mass is 10.1. The maximum absolute atomic E-state index is 13.4. The number of ether oxygens (including phenoxy) is 1. The monoisotopic (exact) mass is 275 g/mol. The third kappa shape index (κ3) is 4.21. The summed E-state index contributed by atoms with van der Waals surface area (Å²) in [4.78, 5) is 0. The Hall–Kier alpha value is -0.680. The minimum atomic E-state index is -0.478. The van der Waals surface area contributed by atoms with E-state index in [1.165, 1.54) is 12.1 Å². The Bertz CT molecular complexity index is 376. The van der Waals surface area contributed by atoms with Gasteiger partial charge in [-0.15, -0.1) is 0 Å². The number of nitrogens with one attached hydrogen (secondary N) is 1. The summed E-state index contributed by atoms with van der Waals surface area (Å²) in [6.07, 6.45) is 0.862. The fraction of sp³-hybridized carbons (Fsp3) is 0.538. The highest BCUT2D eigenvalue weighted by atomic mass is 35.5. The summed E-state index contributed by atoms with van der Waals surface area (Å²) in [6, 6.07) is 4.34. The molecule has 0 aliphatic rings. The number of methoxy groups -OCH3 is 1. The van der Waals surface area contributed by atoms with Gasteiger partial charge in [0.05, 0.1) is 24.3 Å². The molecule has 1 aromatic carbocycles. The normalized spacial score (nSPS) is 14.5. The largest absolute Gasteiger partial charge is 0.394 e. The number of hydrogen-bond acceptors (Lipinski definition) is 3. The molecule has 0 spiro atoms. The maximum Gasteiger partial charge on any atom is 0.142 e. The number of aliphatic hydroxyl groups is 1. The second-order valence-corrected chi connectivity index (χ2v) is 4.54. The van der Waals surface area contributed by atoms with Crippen LogP contribution in [0.15, 0.2) is 18.2 Å². The predicted molar refractivity (Wildman–Crippen MR) is 70.3 cm³/mol. The van der Waals surface area contributed by atoms with Crippen molar-refractivity contribution >= 4 is 11.6 Å². The van der Waals surface area contributed by atoms with Crippen LogP contribution < -0.4 is 5.32 Å². The maximum atomic E-state index is 13.4. The van der Waals surface area contributed by atoms with Crippen molar-refractivity contribution in [2.75, 3.05) is 20.3 Å². The number of aliphatic hydroxyl groups excluding tert-OH is 1. The first kappa shape index (κ1) is 15.4. The molecule has 0 radical (unpaired) electrons. The average molecular weight is 276 g/mol. The summed E-state index contributed by atoms with van der Waals surface area (Å²) in [7, 11) is 1.63. The number of rotatable bonds is 7. The standard InChI is InChI=1S/C13H19ClFNO2/c1-3-10(8-18-2)16-13(7-17)9-4-5-11(14)12(15)6-9/h4-6,10,13,16-17H,3,7-8H2,1-2H3. The summed E-state index contributed by atoms with van der Waals surface area (Å²) in [5.74, 6) is -0.478. The first-order valence-corrected chi connectivity index (χ1v) is 6.30. The summed E-state index contributed by atoms with van der Waals surface area (Å²) in [6.45, 7) is 2.46. The molecule has 2 atom stereocenters. The molecule has 0 aliphatic heterocycles. The zero-order valence-electron chi connectivity index (χ0n) is 10.6. The highest BCUT2D eigenvalue weighted by Gasteiger charge is 2.16. The Morgan fingerprint density at radius 3 is 2.72 bits per heavy atom. The van der Waals surface area contributed by atoms with Gasteiger partial charge < -0.3 is 15.2 Å². The highest BCUT2D eigenvalue weighted by Crippen LogP contribution is 2.20. The summed E-state index contributed by atoms with van der Waals surface area (Å²) < 4.78 is 18.5. The molecule has 0 aromatic heterocycles. The van der Waals surface area contributed by atoms with Crippen LogP contribution in [0.3, 0.4) is 0 Å². The first-order valence-electron chi connectivity index (χ1n) is 5.93. The van der Waals surface area contributed by atoms with Gasteiger partial charge in [-0.25, -0.2) is 4.39 Å². The molecular formula is C13H19ClFNO2. The molecular weight excluding hydrogens is 257 g/mol. The summed E-state index contributed by atoms with van der Waals surface area (Å²) >= 11 is 5.63. The number of halogens is 2. The van der Waals surface area contributed by atoms with Gasteiger partial charge in [0.1, 0.15) is 5.82 Å². The van der Waals surface area contributed by atoms with Gasteiger partial charge in [0.15, 0.2) is 0 Å². The van der Waals surface area contributed by atoms with Gasteiger partial charge in [0, 0.05) is 13.2 Å². The van der Waals surface area contributed by atoms with Gasteiger partial charge in [-0.05, 0) is 24.1 Å². The fourth-order valence-electron chi connectivity index (χ4n) is 1.75. The van der Waals surface area contributed by atoms with Crippen LogP contribution in [0.25, 0.3) is 0 Å². The van der Waals surface area contributed by atoms with Gasteiger partial charge in [-0.2, -0.15) is 0 Å². The molecule has 0 aliphatic carbocycles. The minimum Gasteiger partial charge on any atom is -0.394 e. The lowest BCUT2D eigenvalue weighted by Crippen LogP contribution is -2.37. The molecule has 3 nitrogen and oxygen atoms in total. The Balaban J connectivity index is 2.78. The van der Waals surface area contributed by atoms with Crippen LogP contribution in [0.2, 0.25) is 5.02 Å². The smallest absolute Gasteiger partial charge is 0.142 e. The van der Waals surface area contributed by atoms with Gasteiger partial charge in [0.2, 0.25) is 0 Å². The van der Waals surface area contributed by atoms with Crippen molar-refractivity contribution in [3.63, 3.8) is 0 Å².